The molecule has 5 heterocycles. The molecule has 9 heteroatoms. The molecule has 3 unspecified atom stereocenters. The quantitative estimate of drug-likeness (QED) is 0.166. The van der Waals surface area contributed by atoms with Gasteiger partial charge >= 0.3 is 0 Å². The van der Waals surface area contributed by atoms with Crippen molar-refractivity contribution >= 4 is 34.9 Å². The second-order valence-corrected chi connectivity index (χ2v) is 17.2. The van der Waals surface area contributed by atoms with Gasteiger partial charge in [0, 0.05) is 52.5 Å². The lowest BCUT2D eigenvalue weighted by atomic mass is 9.82. The number of fused-ring (bicyclic) bond motifs is 3. The standard InChI is InChI=1S/C46H58F3N5S/c1-6-31(28-34(7-2)55-49)16-18-33-21-24-46(23-11-27-54(33)46)25-22-40-52-44(41-29(4)15-20-39(51-45(41)53-40)38-14-10-26-50-38)43(48)30(5)36-13-9-12-32-17-19-37(47)35(8-3)42(32)36/h3,6,9,12-13,28,30,33,38-39,50H,7,10-11,14-27H2,1-2,4-5H3,(H,51,52,53)/b31-6-,34-28+,44-43-/t30?,33-,38+,39?,46?/m1/s1. The summed E-state index contributed by atoms with van der Waals surface area (Å²) in [5, 5.41) is 8.62. The van der Waals surface area contributed by atoms with E-state index in [2.05, 4.69) is 34.5 Å². The maximum Gasteiger partial charge on any atom is 0.137 e. The van der Waals surface area contributed by atoms with E-state index >= 15 is 8.78 Å². The summed E-state index contributed by atoms with van der Waals surface area (Å²) in [6.07, 6.45) is 23.7. The van der Waals surface area contributed by atoms with Crippen LogP contribution in [-0.2, 0) is 12.8 Å². The molecule has 7 rings (SSSR count). The zero-order chi connectivity index (χ0) is 38.7. The van der Waals surface area contributed by atoms with Crippen LogP contribution >= 0.6 is 12.1 Å². The fraction of sp³-hybridized carbons (Fsp3) is 0.565. The van der Waals surface area contributed by atoms with E-state index in [0.29, 0.717) is 65.8 Å². The van der Waals surface area contributed by atoms with E-state index < -0.39 is 5.92 Å². The van der Waals surface area contributed by atoms with Gasteiger partial charge in [-0.3, -0.25) is 4.90 Å². The number of terminal acetylenes is 1. The highest BCUT2D eigenvalue weighted by Crippen LogP contribution is 2.47. The smallest absolute Gasteiger partial charge is 0.137 e. The minimum absolute atomic E-state index is 0.0861. The number of hydrogen-bond donors (Lipinski definition) is 2. The van der Waals surface area contributed by atoms with Crippen molar-refractivity contribution in [2.75, 3.05) is 18.4 Å². The van der Waals surface area contributed by atoms with Crippen molar-refractivity contribution in [2.45, 2.75) is 154 Å². The number of benzene rings is 1. The molecule has 0 radical (unpaired) electrons. The van der Waals surface area contributed by atoms with Crippen molar-refractivity contribution in [3.63, 3.8) is 0 Å². The van der Waals surface area contributed by atoms with Gasteiger partial charge in [0.2, 0.25) is 0 Å². The Labute approximate surface area is 330 Å². The molecular weight excluding hydrogens is 712 g/mol. The molecule has 5 atom stereocenters. The van der Waals surface area contributed by atoms with Crippen LogP contribution in [0.25, 0.3) is 17.0 Å². The fourth-order valence-corrected chi connectivity index (χ4v) is 10.6. The molecule has 5 nitrogen and oxygen atoms in total. The number of rotatable bonds is 12. The fourth-order valence-electron chi connectivity index (χ4n) is 10.3. The van der Waals surface area contributed by atoms with Crippen LogP contribution in [0.3, 0.4) is 0 Å². The summed E-state index contributed by atoms with van der Waals surface area (Å²) in [4.78, 5) is 13.9. The Morgan fingerprint density at radius 1 is 1.15 bits per heavy atom. The molecule has 0 bridgehead atoms. The van der Waals surface area contributed by atoms with Crippen LogP contribution in [0.15, 0.2) is 46.7 Å². The van der Waals surface area contributed by atoms with Gasteiger partial charge in [-0.15, -0.1) is 6.42 Å². The number of aromatic nitrogens is 2. The minimum Gasteiger partial charge on any atom is -0.365 e. The Morgan fingerprint density at radius 2 is 2.00 bits per heavy atom. The van der Waals surface area contributed by atoms with Gasteiger partial charge in [0.15, 0.2) is 0 Å². The number of allylic oxidation sites excluding steroid dienone is 6. The Balaban J connectivity index is 1.23. The molecule has 1 aliphatic carbocycles. The number of anilines is 1. The van der Waals surface area contributed by atoms with Crippen molar-refractivity contribution in [1.29, 1.82) is 0 Å². The first-order valence-electron chi connectivity index (χ1n) is 20.8. The highest BCUT2D eigenvalue weighted by atomic mass is 32.2. The first kappa shape index (κ1) is 39.9. The number of aryl methyl sites for hydroxylation is 2. The molecule has 3 saturated heterocycles. The highest BCUT2D eigenvalue weighted by Gasteiger charge is 2.48. The monoisotopic (exact) mass is 769 g/mol. The number of nitrogens with one attached hydrogen (secondary N) is 2. The molecule has 1 aromatic carbocycles. The van der Waals surface area contributed by atoms with Gasteiger partial charge in [-0.1, -0.05) is 55.2 Å². The third-order valence-corrected chi connectivity index (χ3v) is 14.0. The maximum absolute atomic E-state index is 17.5. The summed E-state index contributed by atoms with van der Waals surface area (Å²) in [7, 11) is 0. The molecule has 0 amide bonds. The number of hydrogen-bond acceptors (Lipinski definition) is 6. The molecule has 0 spiro atoms. The Kier molecular flexibility index (Phi) is 12.7. The third kappa shape index (κ3) is 8.11. The van der Waals surface area contributed by atoms with E-state index in [4.69, 9.17) is 16.4 Å². The van der Waals surface area contributed by atoms with Gasteiger partial charge in [0.1, 0.15) is 28.6 Å². The van der Waals surface area contributed by atoms with Gasteiger partial charge in [-0.25, -0.2) is 18.7 Å². The van der Waals surface area contributed by atoms with Crippen LogP contribution in [0.5, 0.6) is 0 Å². The van der Waals surface area contributed by atoms with Crippen molar-refractivity contribution in [2.24, 2.45) is 0 Å². The first-order chi connectivity index (χ1) is 26.7. The van der Waals surface area contributed by atoms with Gasteiger partial charge in [-0.05, 0) is 133 Å². The predicted molar refractivity (Wildman–Crippen MR) is 223 cm³/mol. The summed E-state index contributed by atoms with van der Waals surface area (Å²) in [5.74, 6) is 2.67. The van der Waals surface area contributed by atoms with Gasteiger partial charge in [0.05, 0.1) is 17.7 Å². The second kappa shape index (κ2) is 17.4. The zero-order valence-electron chi connectivity index (χ0n) is 33.2. The lowest BCUT2D eigenvalue weighted by molar-refractivity contribution is 0.135. The first-order valence-corrected chi connectivity index (χ1v) is 21.6. The van der Waals surface area contributed by atoms with Crippen LogP contribution in [-0.4, -0.2) is 51.6 Å². The largest absolute Gasteiger partial charge is 0.365 e. The van der Waals surface area contributed by atoms with Crippen LogP contribution in [0.1, 0.15) is 140 Å². The molecule has 2 N–H and O–H groups in total. The average Bonchev–Trinajstić information content (AvgIpc) is 3.94. The van der Waals surface area contributed by atoms with Crippen LogP contribution in [0.4, 0.5) is 18.5 Å². The molecule has 0 saturated carbocycles. The van der Waals surface area contributed by atoms with E-state index in [1.165, 1.54) is 12.0 Å². The topological polar surface area (TPSA) is 53.1 Å². The molecule has 4 aliphatic heterocycles. The van der Waals surface area contributed by atoms with Crippen molar-refractivity contribution in [3.05, 3.63) is 79.7 Å². The van der Waals surface area contributed by atoms with Gasteiger partial charge in [0.25, 0.3) is 0 Å². The van der Waals surface area contributed by atoms with E-state index in [0.717, 1.165) is 104 Å². The molecule has 3 fully saturated rings. The van der Waals surface area contributed by atoms with E-state index in [9.17, 15) is 3.89 Å². The number of halogens is 3. The lowest BCUT2D eigenvalue weighted by Gasteiger charge is -2.35. The van der Waals surface area contributed by atoms with E-state index in [-0.39, 0.29) is 35.2 Å². The second-order valence-electron chi connectivity index (χ2n) is 16.5. The summed E-state index contributed by atoms with van der Waals surface area (Å²) < 4.78 is 46.0. The molecule has 55 heavy (non-hydrogen) atoms. The highest BCUT2D eigenvalue weighted by molar-refractivity contribution is 7.98. The SMILES string of the molecule is C#CC1=C(F)CCc2cccc(C(C)/C(F)=c3/nc(CCC45CCCN4[C@H](CCC(=C/C)/C=C(\CC)SF)CC5)nc4c3=C(C)CCC([C@@H]3CCCN3)N4)c21. The Morgan fingerprint density at radius 3 is 2.75 bits per heavy atom. The molecule has 5 aliphatic rings. The van der Waals surface area contributed by atoms with Crippen molar-refractivity contribution in [1.82, 2.24) is 20.2 Å². The third-order valence-electron chi connectivity index (χ3n) is 13.4. The van der Waals surface area contributed by atoms with Crippen LogP contribution in [0.2, 0.25) is 0 Å². The van der Waals surface area contributed by atoms with E-state index in [1.807, 2.05) is 45.0 Å². The predicted octanol–water partition coefficient (Wildman–Crippen LogP) is 9.68. The van der Waals surface area contributed by atoms with Crippen LogP contribution in [0, 0.1) is 12.3 Å². The summed E-state index contributed by atoms with van der Waals surface area (Å²) >= 11 is 0.358. The Hall–Kier alpha value is -3.32. The van der Waals surface area contributed by atoms with Crippen molar-refractivity contribution in [3.8, 4) is 12.3 Å². The molecule has 294 valence electrons. The van der Waals surface area contributed by atoms with Crippen molar-refractivity contribution < 1.29 is 12.7 Å². The Bertz CT molecular complexity index is 2020. The summed E-state index contributed by atoms with van der Waals surface area (Å²) in [5.41, 5.74) is 4.93. The van der Waals surface area contributed by atoms with E-state index in [1.54, 1.807) is 0 Å². The minimum atomic E-state index is -0.687. The molecule has 1 aromatic heterocycles. The van der Waals surface area contributed by atoms with Gasteiger partial charge in [-0.2, -0.15) is 3.89 Å². The van der Waals surface area contributed by atoms with Gasteiger partial charge < -0.3 is 10.6 Å². The molecule has 2 aromatic rings. The maximum atomic E-state index is 17.5. The number of nitrogens with zero attached hydrogens (tertiary/aromatic N) is 3. The van der Waals surface area contributed by atoms with Crippen LogP contribution < -0.4 is 21.2 Å². The summed E-state index contributed by atoms with van der Waals surface area (Å²) in [6.45, 7) is 10.1. The lowest BCUT2D eigenvalue weighted by Crippen LogP contribution is -2.44. The zero-order valence-corrected chi connectivity index (χ0v) is 34.0. The average molecular weight is 770 g/mol. The molecular formula is C46H58F3N5S. The normalized spacial score (nSPS) is 26.9. The summed E-state index contributed by atoms with van der Waals surface area (Å²) in [6, 6.07) is 6.83.